The van der Waals surface area contributed by atoms with Gasteiger partial charge in [-0.2, -0.15) is 26.9 Å². The lowest BCUT2D eigenvalue weighted by molar-refractivity contribution is -0.137. The van der Waals surface area contributed by atoms with Crippen LogP contribution in [0.25, 0.3) is 6.08 Å². The van der Waals surface area contributed by atoms with Crippen LogP contribution in [0.1, 0.15) is 16.7 Å². The largest absolute Gasteiger partial charge is 0.493 e. The van der Waals surface area contributed by atoms with Crippen molar-refractivity contribution in [2.24, 2.45) is 0 Å². The summed E-state index contributed by atoms with van der Waals surface area (Å²) in [6.07, 6.45) is -3.44. The van der Waals surface area contributed by atoms with E-state index in [1.54, 1.807) is 25.1 Å². The van der Waals surface area contributed by atoms with Crippen molar-refractivity contribution in [3.8, 4) is 17.6 Å². The Kier molecular flexibility index (Phi) is 8.30. The average molecular weight is 595 g/mol. The maximum atomic E-state index is 12.9. The number of alkyl halides is 3. The normalized spacial score (nSPS) is 12.0. The van der Waals surface area contributed by atoms with Crippen LogP contribution in [0.3, 0.4) is 0 Å². The number of halogens is 4. The van der Waals surface area contributed by atoms with Gasteiger partial charge in [-0.25, -0.2) is 0 Å². The summed E-state index contributed by atoms with van der Waals surface area (Å²) in [7, 11) is -2.94. The van der Waals surface area contributed by atoms with Gasteiger partial charge in [0.1, 0.15) is 16.5 Å². The molecule has 1 N–H and O–H groups in total. The SMILES string of the molecule is COc1cc(/C=C(\C#N)C(=O)Nc2cccc(C(F)(F)F)c2)cc(Br)c1OS(=O)(=O)c1ccc(C)cc1. The number of nitrogens with one attached hydrogen (secondary N) is 1. The van der Waals surface area contributed by atoms with Crippen molar-refractivity contribution in [3.05, 3.63) is 87.4 Å². The van der Waals surface area contributed by atoms with Gasteiger partial charge in [-0.3, -0.25) is 4.79 Å². The van der Waals surface area contributed by atoms with Crippen molar-refractivity contribution in [3.63, 3.8) is 0 Å². The maximum absolute atomic E-state index is 12.9. The number of carbonyl (C=O) groups is 1. The average Bonchev–Trinajstić information content (AvgIpc) is 2.83. The van der Waals surface area contributed by atoms with E-state index in [2.05, 4.69) is 21.2 Å². The van der Waals surface area contributed by atoms with Gasteiger partial charge in [0.05, 0.1) is 17.1 Å². The second-order valence-corrected chi connectivity index (χ2v) is 9.99. The molecule has 37 heavy (non-hydrogen) atoms. The number of benzene rings is 3. The number of amides is 1. The van der Waals surface area contributed by atoms with Crippen LogP contribution in [0.5, 0.6) is 11.5 Å². The molecule has 12 heteroatoms. The predicted octanol–water partition coefficient (Wildman–Crippen LogP) is 6.10. The Labute approximate surface area is 219 Å². The van der Waals surface area contributed by atoms with Crippen molar-refractivity contribution < 1.29 is 35.3 Å². The van der Waals surface area contributed by atoms with Gasteiger partial charge in [0.15, 0.2) is 11.5 Å². The van der Waals surface area contributed by atoms with Crippen LogP contribution in [0.2, 0.25) is 0 Å². The third kappa shape index (κ3) is 6.90. The van der Waals surface area contributed by atoms with E-state index in [-0.39, 0.29) is 32.1 Å². The van der Waals surface area contributed by atoms with Crippen molar-refractivity contribution in [2.45, 2.75) is 18.0 Å². The molecule has 0 atom stereocenters. The molecule has 3 aromatic carbocycles. The zero-order chi connectivity index (χ0) is 27.4. The topological polar surface area (TPSA) is 105 Å². The molecule has 1 amide bonds. The second kappa shape index (κ2) is 11.1. The number of methoxy groups -OCH3 is 1. The van der Waals surface area contributed by atoms with Crippen LogP contribution >= 0.6 is 15.9 Å². The molecule has 0 aliphatic rings. The molecule has 0 aliphatic carbocycles. The molecule has 0 spiro atoms. The number of hydrogen-bond acceptors (Lipinski definition) is 6. The minimum atomic E-state index is -4.60. The fraction of sp³-hybridized carbons (Fsp3) is 0.120. The zero-order valence-electron chi connectivity index (χ0n) is 19.3. The molecular formula is C25H18BrF3N2O5S. The van der Waals surface area contributed by atoms with Crippen molar-refractivity contribution in [1.82, 2.24) is 0 Å². The summed E-state index contributed by atoms with van der Waals surface area (Å²) in [6, 6.07) is 14.4. The maximum Gasteiger partial charge on any atom is 0.416 e. The van der Waals surface area contributed by atoms with E-state index in [1.807, 2.05) is 0 Å². The highest BCUT2D eigenvalue weighted by Crippen LogP contribution is 2.39. The molecule has 192 valence electrons. The van der Waals surface area contributed by atoms with Gasteiger partial charge >= 0.3 is 16.3 Å². The minimum absolute atomic E-state index is 0.0214. The Bertz CT molecular complexity index is 1510. The number of carbonyl (C=O) groups excluding carboxylic acids is 1. The summed E-state index contributed by atoms with van der Waals surface area (Å²) in [4.78, 5) is 12.5. The lowest BCUT2D eigenvalue weighted by atomic mass is 10.1. The van der Waals surface area contributed by atoms with Crippen molar-refractivity contribution in [1.29, 1.82) is 5.26 Å². The molecule has 0 fully saturated rings. The number of anilines is 1. The minimum Gasteiger partial charge on any atom is -0.493 e. The molecule has 0 saturated carbocycles. The Morgan fingerprint density at radius 2 is 1.78 bits per heavy atom. The molecule has 0 bridgehead atoms. The standard InChI is InChI=1S/C25H18BrF3N2O5S/c1-15-6-8-20(9-7-15)37(33,34)36-23-21(26)11-16(12-22(23)35-2)10-17(14-30)24(32)31-19-5-3-4-18(13-19)25(27,28)29/h3-13H,1-2H3,(H,31,32)/b17-10+. The van der Waals surface area contributed by atoms with Gasteiger partial charge in [-0.05, 0) is 77.0 Å². The van der Waals surface area contributed by atoms with E-state index in [0.717, 1.165) is 29.8 Å². The van der Waals surface area contributed by atoms with Gasteiger partial charge < -0.3 is 14.2 Å². The van der Waals surface area contributed by atoms with E-state index >= 15 is 0 Å². The van der Waals surface area contributed by atoms with Crippen LogP contribution in [-0.4, -0.2) is 21.4 Å². The molecule has 0 aliphatic heterocycles. The molecule has 0 radical (unpaired) electrons. The van der Waals surface area contributed by atoms with Gasteiger partial charge in [0.25, 0.3) is 5.91 Å². The summed E-state index contributed by atoms with van der Waals surface area (Å²) in [6.45, 7) is 1.80. The first-order valence-electron chi connectivity index (χ1n) is 10.3. The van der Waals surface area contributed by atoms with Crippen molar-refractivity contribution >= 4 is 43.7 Å². The Morgan fingerprint density at radius 1 is 1.11 bits per heavy atom. The second-order valence-electron chi connectivity index (χ2n) is 7.59. The van der Waals surface area contributed by atoms with Gasteiger partial charge in [-0.1, -0.05) is 23.8 Å². The molecule has 0 heterocycles. The smallest absolute Gasteiger partial charge is 0.416 e. The van der Waals surface area contributed by atoms with E-state index in [9.17, 15) is 31.6 Å². The highest BCUT2D eigenvalue weighted by atomic mass is 79.9. The van der Waals surface area contributed by atoms with Crippen LogP contribution < -0.4 is 14.2 Å². The molecular weight excluding hydrogens is 577 g/mol. The lowest BCUT2D eigenvalue weighted by Gasteiger charge is -2.14. The highest BCUT2D eigenvalue weighted by molar-refractivity contribution is 9.10. The fourth-order valence-electron chi connectivity index (χ4n) is 3.05. The van der Waals surface area contributed by atoms with E-state index in [1.165, 1.54) is 37.4 Å². The zero-order valence-corrected chi connectivity index (χ0v) is 21.7. The molecule has 0 unspecified atom stereocenters. The summed E-state index contributed by atoms with van der Waals surface area (Å²) in [5, 5.41) is 11.7. The fourth-order valence-corrected chi connectivity index (χ4v) is 4.66. The number of nitrogens with zero attached hydrogens (tertiary/aromatic N) is 1. The van der Waals surface area contributed by atoms with E-state index in [0.29, 0.717) is 0 Å². The number of ether oxygens (including phenoxy) is 1. The first-order chi connectivity index (χ1) is 17.3. The summed E-state index contributed by atoms with van der Waals surface area (Å²) in [5.74, 6) is -1.13. The Balaban J connectivity index is 1.89. The van der Waals surface area contributed by atoms with Crippen LogP contribution in [0, 0.1) is 18.3 Å². The highest BCUT2D eigenvalue weighted by Gasteiger charge is 2.30. The van der Waals surface area contributed by atoms with Crippen LogP contribution in [-0.2, 0) is 21.1 Å². The Hall–Kier alpha value is -3.82. The van der Waals surface area contributed by atoms with E-state index in [4.69, 9.17) is 8.92 Å². The molecule has 3 rings (SSSR count). The Morgan fingerprint density at radius 3 is 2.38 bits per heavy atom. The molecule has 0 aromatic heterocycles. The molecule has 7 nitrogen and oxygen atoms in total. The van der Waals surface area contributed by atoms with Gasteiger partial charge in [-0.15, -0.1) is 0 Å². The lowest BCUT2D eigenvalue weighted by Crippen LogP contribution is -2.14. The summed E-state index contributed by atoms with van der Waals surface area (Å²) in [5.41, 5.74) is -0.423. The summed E-state index contributed by atoms with van der Waals surface area (Å²) >= 11 is 3.22. The predicted molar refractivity (Wildman–Crippen MR) is 133 cm³/mol. The first-order valence-corrected chi connectivity index (χ1v) is 12.5. The molecule has 0 saturated heterocycles. The van der Waals surface area contributed by atoms with Crippen LogP contribution in [0.15, 0.2) is 75.6 Å². The number of aryl methyl sites for hydroxylation is 1. The van der Waals surface area contributed by atoms with E-state index < -0.39 is 33.3 Å². The van der Waals surface area contributed by atoms with Gasteiger partial charge in [0, 0.05) is 5.69 Å². The summed E-state index contributed by atoms with van der Waals surface area (Å²) < 4.78 is 74.9. The number of rotatable bonds is 7. The quantitative estimate of drug-likeness (QED) is 0.201. The van der Waals surface area contributed by atoms with Crippen LogP contribution in [0.4, 0.5) is 18.9 Å². The first kappa shape index (κ1) is 27.8. The number of nitriles is 1. The third-order valence-corrected chi connectivity index (χ3v) is 6.70. The third-order valence-electron chi connectivity index (χ3n) is 4.88. The number of hydrogen-bond donors (Lipinski definition) is 1. The monoisotopic (exact) mass is 594 g/mol. The van der Waals surface area contributed by atoms with Gasteiger partial charge in [0.2, 0.25) is 0 Å². The van der Waals surface area contributed by atoms with Crippen molar-refractivity contribution in [2.75, 3.05) is 12.4 Å². The molecule has 3 aromatic rings.